The van der Waals surface area contributed by atoms with E-state index in [0.29, 0.717) is 37.2 Å². The molecular weight excluding hydrogens is 302 g/mol. The van der Waals surface area contributed by atoms with Gasteiger partial charge in [-0.3, -0.25) is 4.79 Å². The van der Waals surface area contributed by atoms with Crippen LogP contribution in [0.5, 0.6) is 0 Å². The molecule has 1 saturated heterocycles. The van der Waals surface area contributed by atoms with Crippen molar-refractivity contribution in [2.45, 2.75) is 31.6 Å². The molecule has 0 radical (unpaired) electrons. The van der Waals surface area contributed by atoms with Crippen molar-refractivity contribution in [1.29, 1.82) is 0 Å². The molecule has 5 nitrogen and oxygen atoms in total. The summed E-state index contributed by atoms with van der Waals surface area (Å²) >= 11 is 0. The summed E-state index contributed by atoms with van der Waals surface area (Å²) in [7, 11) is 0. The number of rotatable bonds is 3. The third-order valence-corrected chi connectivity index (χ3v) is 5.41. The van der Waals surface area contributed by atoms with Gasteiger partial charge in [-0.15, -0.1) is 0 Å². The first kappa shape index (κ1) is 15.4. The molecule has 0 bridgehead atoms. The van der Waals surface area contributed by atoms with Gasteiger partial charge < -0.3 is 15.2 Å². The number of hydrogen-bond donors (Lipinski definition) is 1. The Morgan fingerprint density at radius 3 is 2.79 bits per heavy atom. The third kappa shape index (κ3) is 2.63. The summed E-state index contributed by atoms with van der Waals surface area (Å²) in [4.78, 5) is 14.9. The van der Waals surface area contributed by atoms with Gasteiger partial charge in [0.05, 0.1) is 0 Å². The Bertz CT molecular complexity index is 725. The molecule has 1 aromatic carbocycles. The molecule has 4 rings (SSSR count). The second kappa shape index (κ2) is 6.40. The minimum absolute atomic E-state index is 0.00113. The number of carbonyl (C=O) groups is 1. The van der Waals surface area contributed by atoms with Crippen molar-refractivity contribution in [1.82, 2.24) is 10.1 Å². The van der Waals surface area contributed by atoms with Gasteiger partial charge in [-0.1, -0.05) is 35.5 Å². The first-order valence-corrected chi connectivity index (χ1v) is 8.79. The van der Waals surface area contributed by atoms with Crippen molar-refractivity contribution in [2.24, 2.45) is 11.7 Å². The monoisotopic (exact) mass is 325 g/mol. The lowest BCUT2D eigenvalue weighted by Crippen LogP contribution is -2.31. The molecule has 2 N–H and O–H groups in total. The van der Waals surface area contributed by atoms with Crippen LogP contribution in [0.25, 0.3) is 0 Å². The van der Waals surface area contributed by atoms with Crippen LogP contribution >= 0.6 is 0 Å². The average molecular weight is 325 g/mol. The molecule has 1 aromatic heterocycles. The predicted molar refractivity (Wildman–Crippen MR) is 90.8 cm³/mol. The van der Waals surface area contributed by atoms with Crippen molar-refractivity contribution in [3.8, 4) is 0 Å². The number of likely N-dealkylation sites (tertiary alicyclic amines) is 1. The fourth-order valence-electron chi connectivity index (χ4n) is 4.06. The topological polar surface area (TPSA) is 72.4 Å². The second-order valence-electron chi connectivity index (χ2n) is 6.86. The van der Waals surface area contributed by atoms with Crippen molar-refractivity contribution in [3.63, 3.8) is 0 Å². The third-order valence-electron chi connectivity index (χ3n) is 5.41. The fraction of sp³-hybridized carbons (Fsp3) is 0.474. The number of benzene rings is 1. The first-order chi connectivity index (χ1) is 11.8. The first-order valence-electron chi connectivity index (χ1n) is 8.79. The zero-order valence-electron chi connectivity index (χ0n) is 13.8. The summed E-state index contributed by atoms with van der Waals surface area (Å²) in [5, 5.41) is 4.09. The number of amides is 1. The van der Waals surface area contributed by atoms with Gasteiger partial charge in [0.15, 0.2) is 5.69 Å². The van der Waals surface area contributed by atoms with Crippen LogP contribution in [-0.2, 0) is 12.8 Å². The highest BCUT2D eigenvalue weighted by Gasteiger charge is 2.37. The van der Waals surface area contributed by atoms with Gasteiger partial charge in [-0.05, 0) is 37.3 Å². The lowest BCUT2D eigenvalue weighted by Gasteiger charge is -2.17. The normalized spacial score (nSPS) is 23.3. The molecule has 24 heavy (non-hydrogen) atoms. The SMILES string of the molecule is NC[C@@H]1CN(C(=O)c2noc3c2CCCC3)C[C@H]1c1ccccc1. The Labute approximate surface area is 141 Å². The van der Waals surface area contributed by atoms with E-state index in [2.05, 4.69) is 17.3 Å². The molecule has 1 aliphatic heterocycles. The van der Waals surface area contributed by atoms with Gasteiger partial charge in [0.1, 0.15) is 5.76 Å². The number of aromatic nitrogens is 1. The molecular formula is C19H23N3O2. The van der Waals surface area contributed by atoms with Crippen LogP contribution in [0.3, 0.4) is 0 Å². The summed E-state index contributed by atoms with van der Waals surface area (Å²) in [6, 6.07) is 10.3. The summed E-state index contributed by atoms with van der Waals surface area (Å²) in [5.74, 6) is 1.49. The Morgan fingerprint density at radius 2 is 2.00 bits per heavy atom. The van der Waals surface area contributed by atoms with Gasteiger partial charge in [-0.2, -0.15) is 0 Å². The van der Waals surface area contributed by atoms with Gasteiger partial charge in [0, 0.05) is 31.0 Å². The highest BCUT2D eigenvalue weighted by molar-refractivity contribution is 5.94. The van der Waals surface area contributed by atoms with Crippen LogP contribution in [0.4, 0.5) is 0 Å². The highest BCUT2D eigenvalue weighted by Crippen LogP contribution is 2.34. The van der Waals surface area contributed by atoms with Crippen molar-refractivity contribution >= 4 is 5.91 Å². The predicted octanol–water partition coefficient (Wildman–Crippen LogP) is 2.37. The molecule has 1 amide bonds. The number of carbonyl (C=O) groups excluding carboxylic acids is 1. The van der Waals surface area contributed by atoms with E-state index in [9.17, 15) is 4.79 Å². The maximum atomic E-state index is 13.0. The van der Waals surface area contributed by atoms with Gasteiger partial charge in [0.2, 0.25) is 0 Å². The van der Waals surface area contributed by atoms with E-state index in [1.54, 1.807) is 0 Å². The number of nitrogens with two attached hydrogens (primary N) is 1. The molecule has 2 heterocycles. The van der Waals surface area contributed by atoms with E-state index in [0.717, 1.165) is 37.0 Å². The molecule has 126 valence electrons. The summed E-state index contributed by atoms with van der Waals surface area (Å²) in [6.45, 7) is 1.98. The Hall–Kier alpha value is -2.14. The lowest BCUT2D eigenvalue weighted by atomic mass is 9.89. The number of fused-ring (bicyclic) bond motifs is 1. The zero-order valence-corrected chi connectivity index (χ0v) is 13.8. The molecule has 1 fully saturated rings. The molecule has 5 heteroatoms. The molecule has 2 atom stereocenters. The van der Waals surface area contributed by atoms with E-state index < -0.39 is 0 Å². The van der Waals surface area contributed by atoms with Crippen molar-refractivity contribution in [3.05, 3.63) is 52.9 Å². The standard InChI is InChI=1S/C19H23N3O2/c20-10-14-11-22(12-16(14)13-6-2-1-3-7-13)19(23)18-15-8-4-5-9-17(15)24-21-18/h1-3,6-7,14,16H,4-5,8-12,20H2/t14-,16+/m1/s1. The highest BCUT2D eigenvalue weighted by atomic mass is 16.5. The van der Waals surface area contributed by atoms with Crippen molar-refractivity contribution in [2.75, 3.05) is 19.6 Å². The molecule has 0 spiro atoms. The Balaban J connectivity index is 1.57. The van der Waals surface area contributed by atoms with Crippen LogP contribution in [-0.4, -0.2) is 35.6 Å². The largest absolute Gasteiger partial charge is 0.360 e. The molecule has 0 saturated carbocycles. The Morgan fingerprint density at radius 1 is 1.21 bits per heavy atom. The number of hydrogen-bond acceptors (Lipinski definition) is 4. The van der Waals surface area contributed by atoms with E-state index in [-0.39, 0.29) is 5.91 Å². The van der Waals surface area contributed by atoms with Gasteiger partial charge in [-0.25, -0.2) is 0 Å². The van der Waals surface area contributed by atoms with Crippen LogP contribution in [0, 0.1) is 5.92 Å². The maximum Gasteiger partial charge on any atom is 0.276 e. The summed E-state index contributed by atoms with van der Waals surface area (Å²) in [6.07, 6.45) is 4.02. The van der Waals surface area contributed by atoms with E-state index in [1.807, 2.05) is 23.1 Å². The van der Waals surface area contributed by atoms with Crippen molar-refractivity contribution < 1.29 is 9.32 Å². The van der Waals surface area contributed by atoms with Crippen LogP contribution in [0.1, 0.15) is 46.1 Å². The number of nitrogens with zero attached hydrogens (tertiary/aromatic N) is 2. The van der Waals surface area contributed by atoms with Crippen LogP contribution in [0.15, 0.2) is 34.9 Å². The summed E-state index contributed by atoms with van der Waals surface area (Å²) in [5.41, 5.74) is 8.79. The lowest BCUT2D eigenvalue weighted by molar-refractivity contribution is 0.0775. The van der Waals surface area contributed by atoms with Gasteiger partial charge >= 0.3 is 0 Å². The van der Waals surface area contributed by atoms with Crippen LogP contribution < -0.4 is 5.73 Å². The minimum atomic E-state index is -0.00113. The second-order valence-corrected chi connectivity index (χ2v) is 6.86. The van der Waals surface area contributed by atoms with Gasteiger partial charge in [0.25, 0.3) is 5.91 Å². The van der Waals surface area contributed by atoms with Crippen LogP contribution in [0.2, 0.25) is 0 Å². The average Bonchev–Trinajstić information content (AvgIpc) is 3.26. The van der Waals surface area contributed by atoms with E-state index >= 15 is 0 Å². The molecule has 1 aliphatic carbocycles. The fourth-order valence-corrected chi connectivity index (χ4v) is 4.06. The van der Waals surface area contributed by atoms with E-state index in [1.165, 1.54) is 5.56 Å². The molecule has 2 aliphatic rings. The minimum Gasteiger partial charge on any atom is -0.360 e. The Kier molecular flexibility index (Phi) is 4.10. The molecule has 2 aromatic rings. The summed E-state index contributed by atoms with van der Waals surface area (Å²) < 4.78 is 5.41. The number of aryl methyl sites for hydroxylation is 1. The van der Waals surface area contributed by atoms with E-state index in [4.69, 9.17) is 10.3 Å². The molecule has 0 unspecified atom stereocenters. The quantitative estimate of drug-likeness (QED) is 0.940. The maximum absolute atomic E-state index is 13.0. The zero-order chi connectivity index (χ0) is 16.5. The smallest absolute Gasteiger partial charge is 0.276 e.